The smallest absolute Gasteiger partial charge is 0.244 e. The number of nitrogens with zero attached hydrogens (tertiary/aromatic N) is 2. The van der Waals surface area contributed by atoms with E-state index in [0.717, 1.165) is 24.9 Å². The maximum atomic E-state index is 11.7. The number of para-hydroxylation sites is 1. The summed E-state index contributed by atoms with van der Waals surface area (Å²) in [5.74, 6) is 3.08. The fraction of sp³-hybridized carbons (Fsp3) is 0.594. The van der Waals surface area contributed by atoms with Crippen molar-refractivity contribution in [2.45, 2.75) is 90.1 Å². The summed E-state index contributed by atoms with van der Waals surface area (Å²) in [5, 5.41) is 11.7. The summed E-state index contributed by atoms with van der Waals surface area (Å²) in [6.07, 6.45) is 8.40. The molecule has 0 spiro atoms. The first-order valence-corrected chi connectivity index (χ1v) is 14.1. The van der Waals surface area contributed by atoms with E-state index in [4.69, 9.17) is 0 Å². The molecule has 4 fully saturated rings. The number of aliphatic hydroxyl groups is 1. The first-order valence-electron chi connectivity index (χ1n) is 14.1. The second kappa shape index (κ2) is 9.48. The molecule has 3 nitrogen and oxygen atoms in total. The van der Waals surface area contributed by atoms with Gasteiger partial charge in [0.2, 0.25) is 6.34 Å². The van der Waals surface area contributed by atoms with Gasteiger partial charge in [0.05, 0.1) is 6.10 Å². The molecule has 4 saturated carbocycles. The van der Waals surface area contributed by atoms with Crippen LogP contribution < -0.4 is 17.3 Å². The quantitative estimate of drug-likeness (QED) is 0.623. The van der Waals surface area contributed by atoms with Crippen LogP contribution in [0.3, 0.4) is 0 Å². The fourth-order valence-corrected chi connectivity index (χ4v) is 8.39. The molecule has 4 bridgehead atoms. The van der Waals surface area contributed by atoms with Crippen molar-refractivity contribution in [3.8, 4) is 0 Å². The van der Waals surface area contributed by atoms with E-state index >= 15 is 0 Å². The van der Waals surface area contributed by atoms with Crippen LogP contribution in [0.1, 0.15) is 93.9 Å². The average molecular weight is 507 g/mol. The Morgan fingerprint density at radius 3 is 2.19 bits per heavy atom. The van der Waals surface area contributed by atoms with Crippen molar-refractivity contribution in [3.05, 3.63) is 58.7 Å². The lowest BCUT2D eigenvalue weighted by molar-refractivity contribution is -0.425. The standard InChI is InChI=1S/C32H43N2O.ClH/c1-20(2)26-7-6-8-27(21(3)4)30(26)34-12-11-33(19-34)29-13-22(5)9-10-28(29)32-17-23-14-24(18-32)16-25(15-23)31(32)35;/h6-10,13,19-21,23-25,31,35H,11-12,14-18H2,1-5H3;1H/q+1;/p-1. The lowest BCUT2D eigenvalue weighted by atomic mass is 9.46. The number of benzene rings is 2. The zero-order valence-corrected chi connectivity index (χ0v) is 23.4. The minimum atomic E-state index is -0.190. The minimum Gasteiger partial charge on any atom is -1.00 e. The summed E-state index contributed by atoms with van der Waals surface area (Å²) in [4.78, 5) is 2.51. The summed E-state index contributed by atoms with van der Waals surface area (Å²) >= 11 is 0. The van der Waals surface area contributed by atoms with Crippen molar-refractivity contribution in [2.24, 2.45) is 17.8 Å². The molecule has 4 heteroatoms. The van der Waals surface area contributed by atoms with Crippen molar-refractivity contribution in [2.75, 3.05) is 18.0 Å². The highest BCUT2D eigenvalue weighted by Crippen LogP contribution is 2.62. The summed E-state index contributed by atoms with van der Waals surface area (Å²) in [7, 11) is 0. The third-order valence-corrected chi connectivity index (χ3v) is 9.75. The van der Waals surface area contributed by atoms with Crippen LogP contribution in [0.15, 0.2) is 36.4 Å². The van der Waals surface area contributed by atoms with E-state index in [9.17, 15) is 5.11 Å². The Morgan fingerprint density at radius 1 is 0.944 bits per heavy atom. The molecule has 1 aliphatic heterocycles. The van der Waals surface area contributed by atoms with Crippen LogP contribution in [0.2, 0.25) is 0 Å². The molecule has 7 rings (SSSR count). The van der Waals surface area contributed by atoms with E-state index in [1.165, 1.54) is 65.7 Å². The molecule has 0 radical (unpaired) electrons. The molecule has 2 aromatic carbocycles. The van der Waals surface area contributed by atoms with Crippen molar-refractivity contribution >= 4 is 17.7 Å². The number of halogens is 1. The van der Waals surface area contributed by atoms with Crippen molar-refractivity contribution < 1.29 is 22.1 Å². The lowest BCUT2D eigenvalue weighted by Crippen LogP contribution is -3.00. The molecule has 0 aromatic heterocycles. The average Bonchev–Trinajstić information content (AvgIpc) is 3.31. The summed E-state index contributed by atoms with van der Waals surface area (Å²) < 4.78 is 2.49. The van der Waals surface area contributed by atoms with E-state index < -0.39 is 0 Å². The van der Waals surface area contributed by atoms with Crippen molar-refractivity contribution in [1.29, 1.82) is 0 Å². The predicted octanol–water partition coefficient (Wildman–Crippen LogP) is 3.88. The van der Waals surface area contributed by atoms with Crippen LogP contribution >= 0.6 is 0 Å². The summed E-state index contributed by atoms with van der Waals surface area (Å²) in [6, 6.07) is 13.9. The van der Waals surface area contributed by atoms with E-state index in [0.29, 0.717) is 17.8 Å². The highest BCUT2D eigenvalue weighted by Gasteiger charge is 2.58. The van der Waals surface area contributed by atoms with Crippen LogP contribution in [0, 0.1) is 24.7 Å². The maximum Gasteiger partial charge on any atom is 0.244 e. The Morgan fingerprint density at radius 2 is 1.58 bits per heavy atom. The van der Waals surface area contributed by atoms with Gasteiger partial charge in [-0.25, -0.2) is 9.48 Å². The molecule has 3 atom stereocenters. The van der Waals surface area contributed by atoms with Gasteiger partial charge in [-0.15, -0.1) is 0 Å². The van der Waals surface area contributed by atoms with Crippen molar-refractivity contribution in [3.63, 3.8) is 0 Å². The van der Waals surface area contributed by atoms with Gasteiger partial charge in [-0.1, -0.05) is 58.0 Å². The molecule has 2 aromatic rings. The molecule has 4 aliphatic carbocycles. The minimum absolute atomic E-state index is 0. The van der Waals surface area contributed by atoms with Gasteiger partial charge in [-0.05, 0) is 80.2 Å². The number of aliphatic hydroxyl groups excluding tert-OH is 1. The molecule has 3 unspecified atom stereocenters. The molecule has 1 heterocycles. The van der Waals surface area contributed by atoms with E-state index in [1.807, 2.05) is 0 Å². The third kappa shape index (κ3) is 4.02. The van der Waals surface area contributed by atoms with Gasteiger partial charge in [-0.3, -0.25) is 0 Å². The normalized spacial score (nSPS) is 30.8. The Bertz CT molecular complexity index is 1130. The molecule has 194 valence electrons. The molecule has 0 amide bonds. The largest absolute Gasteiger partial charge is 1.00 e. The molecule has 5 aliphatic rings. The molecule has 1 N–H and O–H groups in total. The van der Waals surface area contributed by atoms with Gasteiger partial charge >= 0.3 is 0 Å². The van der Waals surface area contributed by atoms with Gasteiger partial charge in [0.1, 0.15) is 24.5 Å². The SMILES string of the molecule is Cc1ccc(C23CC4CC(CC(C4)C2O)C3)c([N+]2=CN(c3c(C(C)C)cccc3C(C)C)CC2)c1.[Cl-]. The Kier molecular flexibility index (Phi) is 6.79. The van der Waals surface area contributed by atoms with Gasteiger partial charge in [0.25, 0.3) is 0 Å². The topological polar surface area (TPSA) is 26.5 Å². The van der Waals surface area contributed by atoms with Crippen LogP contribution in [-0.4, -0.2) is 35.2 Å². The number of aryl methyl sites for hydroxylation is 1. The van der Waals surface area contributed by atoms with Crippen LogP contribution in [-0.2, 0) is 5.41 Å². The number of hydrogen-bond donors (Lipinski definition) is 1. The van der Waals surface area contributed by atoms with Crippen LogP contribution in [0.5, 0.6) is 0 Å². The van der Waals surface area contributed by atoms with Gasteiger partial charge in [-0.2, -0.15) is 0 Å². The molecule has 36 heavy (non-hydrogen) atoms. The van der Waals surface area contributed by atoms with E-state index in [-0.39, 0.29) is 23.9 Å². The Balaban J connectivity index is 0.00000267. The molecular weight excluding hydrogens is 464 g/mol. The summed E-state index contributed by atoms with van der Waals surface area (Å²) in [6.45, 7) is 13.4. The lowest BCUT2D eigenvalue weighted by Gasteiger charge is -2.59. The zero-order valence-electron chi connectivity index (χ0n) is 22.7. The van der Waals surface area contributed by atoms with Crippen LogP contribution in [0.25, 0.3) is 0 Å². The second-order valence-corrected chi connectivity index (χ2v) is 12.8. The highest BCUT2D eigenvalue weighted by atomic mass is 35.5. The maximum absolute atomic E-state index is 11.7. The molecule has 0 saturated heterocycles. The van der Waals surface area contributed by atoms with Gasteiger partial charge < -0.3 is 17.5 Å². The van der Waals surface area contributed by atoms with E-state index in [2.05, 4.69) is 86.8 Å². The number of rotatable bonds is 5. The first kappa shape index (κ1) is 25.8. The summed E-state index contributed by atoms with van der Waals surface area (Å²) in [5.41, 5.74) is 8.28. The van der Waals surface area contributed by atoms with Crippen LogP contribution in [0.4, 0.5) is 11.4 Å². The van der Waals surface area contributed by atoms with Gasteiger partial charge in [0.15, 0.2) is 0 Å². The fourth-order valence-electron chi connectivity index (χ4n) is 8.39. The Labute approximate surface area is 224 Å². The zero-order chi connectivity index (χ0) is 24.5. The van der Waals surface area contributed by atoms with Gasteiger partial charge in [0, 0.05) is 22.1 Å². The van der Waals surface area contributed by atoms with E-state index in [1.54, 1.807) is 0 Å². The van der Waals surface area contributed by atoms with Crippen molar-refractivity contribution in [1.82, 2.24) is 0 Å². The monoisotopic (exact) mass is 506 g/mol. The highest BCUT2D eigenvalue weighted by molar-refractivity contribution is 5.82. The number of hydrogen-bond acceptors (Lipinski definition) is 2. The number of anilines is 1. The predicted molar refractivity (Wildman–Crippen MR) is 145 cm³/mol. The second-order valence-electron chi connectivity index (χ2n) is 12.8. The third-order valence-electron chi connectivity index (χ3n) is 9.75. The molecular formula is C32H43ClN2O. The first-order chi connectivity index (χ1) is 16.8. The Hall–Kier alpha value is -1.84.